The first-order valence-corrected chi connectivity index (χ1v) is 5.35. The van der Waals surface area contributed by atoms with Crippen molar-refractivity contribution >= 4 is 16.6 Å². The average Bonchev–Trinajstić information content (AvgIpc) is 2.26. The van der Waals surface area contributed by atoms with Crippen molar-refractivity contribution in [3.8, 4) is 17.2 Å². The third-order valence-corrected chi connectivity index (χ3v) is 2.27. The molecule has 1 N–H and O–H groups in total. The van der Waals surface area contributed by atoms with Gasteiger partial charge < -0.3 is 27.4 Å². The van der Waals surface area contributed by atoms with Gasteiger partial charge in [0, 0.05) is 28.7 Å². The quantitative estimate of drug-likeness (QED) is 0.512. The standard InChI is InChI=1S/C9H12NO5S.Na/c1-13-7-4-6(10-16(11)12)5-8(14-2)9(7)15-3;/h4-5H,1-3H3,(H,10,11,12);/q-1;+1. The van der Waals surface area contributed by atoms with Crippen molar-refractivity contribution in [1.82, 2.24) is 0 Å². The van der Waals surface area contributed by atoms with Gasteiger partial charge in [0.05, 0.1) is 21.3 Å². The zero-order chi connectivity index (χ0) is 12.1. The third-order valence-electron chi connectivity index (χ3n) is 1.87. The predicted octanol–water partition coefficient (Wildman–Crippen LogP) is -1.65. The number of benzene rings is 1. The number of methoxy groups -OCH3 is 3. The van der Waals surface area contributed by atoms with E-state index in [2.05, 4.69) is 4.72 Å². The molecule has 6 nitrogen and oxygen atoms in total. The van der Waals surface area contributed by atoms with Gasteiger partial charge in [-0.1, -0.05) is 0 Å². The van der Waals surface area contributed by atoms with Gasteiger partial charge >= 0.3 is 29.6 Å². The van der Waals surface area contributed by atoms with E-state index in [0.29, 0.717) is 22.9 Å². The maximum Gasteiger partial charge on any atom is 1.00 e. The second-order valence-electron chi connectivity index (χ2n) is 2.75. The van der Waals surface area contributed by atoms with Gasteiger partial charge in [0.1, 0.15) is 0 Å². The Morgan fingerprint density at radius 1 is 1.00 bits per heavy atom. The first-order valence-electron chi connectivity index (χ1n) is 4.28. The van der Waals surface area contributed by atoms with Crippen LogP contribution in [-0.4, -0.2) is 21.3 Å². The van der Waals surface area contributed by atoms with Crippen molar-refractivity contribution < 1.29 is 52.2 Å². The van der Waals surface area contributed by atoms with Crippen molar-refractivity contribution in [3.05, 3.63) is 12.1 Å². The molecule has 90 valence electrons. The Labute approximate surface area is 124 Å². The summed E-state index contributed by atoms with van der Waals surface area (Å²) in [7, 11) is 1.98. The molecule has 17 heavy (non-hydrogen) atoms. The van der Waals surface area contributed by atoms with Crippen LogP contribution in [-0.2, 0) is 19.3 Å². The summed E-state index contributed by atoms with van der Waals surface area (Å²) in [6, 6.07) is 2.99. The maximum absolute atomic E-state index is 10.5. The minimum absolute atomic E-state index is 0. The Balaban J connectivity index is 0.00000256. The maximum atomic E-state index is 10.5. The summed E-state index contributed by atoms with van der Waals surface area (Å²) < 4.78 is 38.4. The van der Waals surface area contributed by atoms with E-state index in [1.807, 2.05) is 0 Å². The van der Waals surface area contributed by atoms with Crippen LogP contribution in [0.4, 0.5) is 5.69 Å². The SMILES string of the molecule is COc1cc(N[S-](=O)=O)cc(OC)c1OC.[Na+]. The molecule has 0 fully saturated rings. The fourth-order valence-electron chi connectivity index (χ4n) is 1.24. The summed E-state index contributed by atoms with van der Waals surface area (Å²) in [4.78, 5) is 0. The Morgan fingerprint density at radius 3 is 1.76 bits per heavy atom. The van der Waals surface area contributed by atoms with E-state index in [4.69, 9.17) is 14.2 Å². The molecule has 0 aromatic heterocycles. The molecule has 1 aromatic carbocycles. The van der Waals surface area contributed by atoms with Gasteiger partial charge in [-0.25, -0.2) is 0 Å². The average molecular weight is 269 g/mol. The molecule has 0 radical (unpaired) electrons. The third kappa shape index (κ3) is 4.27. The first-order chi connectivity index (χ1) is 7.62. The topological polar surface area (TPSA) is 73.9 Å². The van der Waals surface area contributed by atoms with Gasteiger partial charge in [0.15, 0.2) is 11.5 Å². The Kier molecular flexibility index (Phi) is 7.37. The molecule has 0 saturated heterocycles. The van der Waals surface area contributed by atoms with Crippen LogP contribution in [0.1, 0.15) is 0 Å². The molecule has 1 aromatic rings. The van der Waals surface area contributed by atoms with Gasteiger partial charge in [-0.3, -0.25) is 0 Å². The monoisotopic (exact) mass is 269 g/mol. The number of anilines is 1. The second kappa shape index (κ2) is 7.65. The zero-order valence-electron chi connectivity index (χ0n) is 10.1. The van der Waals surface area contributed by atoms with Crippen LogP contribution >= 0.6 is 0 Å². The van der Waals surface area contributed by atoms with Gasteiger partial charge in [0.2, 0.25) is 5.75 Å². The zero-order valence-corrected chi connectivity index (χ0v) is 12.9. The van der Waals surface area contributed by atoms with Gasteiger partial charge in [-0.15, -0.1) is 0 Å². The van der Waals surface area contributed by atoms with Crippen molar-refractivity contribution in [1.29, 1.82) is 0 Å². The Bertz CT molecular complexity index is 416. The minimum atomic E-state index is -2.40. The van der Waals surface area contributed by atoms with Crippen molar-refractivity contribution in [2.45, 2.75) is 0 Å². The summed E-state index contributed by atoms with van der Waals surface area (Å²) in [5.74, 6) is 1.18. The first kappa shape index (κ1) is 16.4. The van der Waals surface area contributed by atoms with E-state index >= 15 is 0 Å². The number of nitrogens with one attached hydrogen (secondary N) is 1. The molecular formula is C9H12NNaO5S. The Hall–Kier alpha value is -0.630. The number of rotatable bonds is 5. The van der Waals surface area contributed by atoms with E-state index in [1.165, 1.54) is 33.5 Å². The summed E-state index contributed by atoms with van der Waals surface area (Å²) in [5.41, 5.74) is 0.336. The largest absolute Gasteiger partial charge is 1.00 e. The van der Waals surface area contributed by atoms with Crippen LogP contribution in [0.25, 0.3) is 0 Å². The predicted molar refractivity (Wildman–Crippen MR) is 58.5 cm³/mol. The molecule has 0 aliphatic carbocycles. The van der Waals surface area contributed by atoms with Crippen LogP contribution in [0.15, 0.2) is 12.1 Å². The van der Waals surface area contributed by atoms with Gasteiger partial charge in [-0.05, 0) is 0 Å². The number of hydrogen-bond donors (Lipinski definition) is 1. The van der Waals surface area contributed by atoms with Gasteiger partial charge in [-0.2, -0.15) is 0 Å². The normalized spacial score (nSPS) is 9.41. The van der Waals surface area contributed by atoms with Crippen molar-refractivity contribution in [2.24, 2.45) is 0 Å². The molecule has 1 rings (SSSR count). The van der Waals surface area contributed by atoms with E-state index in [-0.39, 0.29) is 29.6 Å². The van der Waals surface area contributed by atoms with E-state index in [9.17, 15) is 8.42 Å². The van der Waals surface area contributed by atoms with Crippen LogP contribution in [0.5, 0.6) is 17.2 Å². The summed E-state index contributed by atoms with van der Waals surface area (Å²) in [5, 5.41) is 0. The molecule has 0 heterocycles. The minimum Gasteiger partial charge on any atom is -0.493 e. The van der Waals surface area contributed by atoms with Crippen LogP contribution in [0.3, 0.4) is 0 Å². The summed E-state index contributed by atoms with van der Waals surface area (Å²) in [6.07, 6.45) is 0. The molecule has 0 aliphatic heterocycles. The van der Waals surface area contributed by atoms with Crippen LogP contribution in [0, 0.1) is 0 Å². The molecule has 0 atom stereocenters. The molecule has 8 heteroatoms. The van der Waals surface area contributed by atoms with Crippen LogP contribution in [0.2, 0.25) is 0 Å². The molecule has 0 unspecified atom stereocenters. The molecule has 0 spiro atoms. The molecule has 0 bridgehead atoms. The molecule has 0 saturated carbocycles. The van der Waals surface area contributed by atoms with Gasteiger partial charge in [0.25, 0.3) is 0 Å². The fraction of sp³-hybridized carbons (Fsp3) is 0.333. The smallest absolute Gasteiger partial charge is 0.493 e. The van der Waals surface area contributed by atoms with Crippen molar-refractivity contribution in [3.63, 3.8) is 0 Å². The van der Waals surface area contributed by atoms with E-state index < -0.39 is 10.9 Å². The second-order valence-corrected chi connectivity index (χ2v) is 3.42. The fourth-order valence-corrected chi connectivity index (χ4v) is 1.55. The van der Waals surface area contributed by atoms with Crippen LogP contribution < -0.4 is 48.5 Å². The molecule has 0 amide bonds. The number of ether oxygens (including phenoxy) is 3. The summed E-state index contributed by atoms with van der Waals surface area (Å²) in [6.45, 7) is 0. The van der Waals surface area contributed by atoms with E-state index in [0.717, 1.165) is 0 Å². The Morgan fingerprint density at radius 2 is 1.47 bits per heavy atom. The molecule has 0 aliphatic rings. The summed E-state index contributed by atoms with van der Waals surface area (Å²) >= 11 is 0. The molecular weight excluding hydrogens is 257 g/mol. The van der Waals surface area contributed by atoms with Crippen molar-refractivity contribution in [2.75, 3.05) is 26.1 Å². The van der Waals surface area contributed by atoms with E-state index in [1.54, 1.807) is 0 Å². The number of hydrogen-bond acceptors (Lipinski definition) is 6.